The zero-order chi connectivity index (χ0) is 32.8. The van der Waals surface area contributed by atoms with Gasteiger partial charge in [-0.1, -0.05) is 36.4 Å². The molecule has 2 aliphatic rings. The monoisotopic (exact) mass is 630 g/mol. The van der Waals surface area contributed by atoms with Crippen molar-refractivity contribution in [3.63, 3.8) is 0 Å². The number of hydrogen-bond acceptors (Lipinski definition) is 7. The van der Waals surface area contributed by atoms with Gasteiger partial charge in [-0.3, -0.25) is 0 Å². The van der Waals surface area contributed by atoms with Crippen LogP contribution in [-0.2, 0) is 11.2 Å². The largest absolute Gasteiger partial charge is 0.497 e. The molecule has 5 aromatic carbocycles. The second-order valence-electron chi connectivity index (χ2n) is 12.0. The second kappa shape index (κ2) is 12.0. The summed E-state index contributed by atoms with van der Waals surface area (Å²) in [5, 5.41) is 24.3. The molecule has 47 heavy (non-hydrogen) atoms. The molecule has 7 nitrogen and oxygen atoms in total. The number of hydrogen-bond donors (Lipinski definition) is 2. The fourth-order valence-corrected chi connectivity index (χ4v) is 7.21. The maximum atomic E-state index is 12.9. The van der Waals surface area contributed by atoms with E-state index in [1.165, 1.54) is 0 Å². The Morgan fingerprint density at radius 1 is 0.660 bits per heavy atom. The van der Waals surface area contributed by atoms with Crippen LogP contribution in [0.15, 0.2) is 91.0 Å². The van der Waals surface area contributed by atoms with Crippen LogP contribution >= 0.6 is 0 Å². The Balaban J connectivity index is 1.54. The number of aliphatic hydroxyl groups excluding tert-OH is 1. The standard InChI is InChI=1S/C40H38O7/c1-43-27-11-7-25(8-12-27)40(26-9-13-28(44-2)14-10-26)21-19-33-37-36(31-17-15-29(45-3)23-34(31)38(33)47-40)32-18-16-30(46-4)24-35(32)39(37,42)20-5-6-22-41/h7-19,21,23-24,41-42H,5-6,20,22H2,1-4H3. The minimum absolute atomic E-state index is 0.0543. The Bertz CT molecular complexity index is 1930. The molecule has 0 saturated heterocycles. The van der Waals surface area contributed by atoms with Crippen LogP contribution in [0, 0.1) is 0 Å². The summed E-state index contributed by atoms with van der Waals surface area (Å²) in [7, 11) is 6.59. The molecule has 5 aromatic rings. The Kier molecular flexibility index (Phi) is 7.82. The fourth-order valence-electron chi connectivity index (χ4n) is 7.21. The molecule has 1 aliphatic carbocycles. The predicted octanol–water partition coefficient (Wildman–Crippen LogP) is 7.60. The molecule has 0 amide bonds. The SMILES string of the molecule is COc1ccc(C2(c3ccc(OC)cc3)C=Cc3c4c(c5ccc(OC)cc5c3O2)-c2ccc(OC)cc2C4(O)CCCCO)cc1. The van der Waals surface area contributed by atoms with Crippen molar-refractivity contribution in [2.24, 2.45) is 0 Å². The summed E-state index contributed by atoms with van der Waals surface area (Å²) in [6.07, 6.45) is 5.79. The summed E-state index contributed by atoms with van der Waals surface area (Å²) in [6, 6.07) is 27.7. The minimum Gasteiger partial charge on any atom is -0.497 e. The van der Waals surface area contributed by atoms with Gasteiger partial charge in [-0.2, -0.15) is 0 Å². The van der Waals surface area contributed by atoms with E-state index in [-0.39, 0.29) is 6.61 Å². The minimum atomic E-state index is -1.35. The second-order valence-corrected chi connectivity index (χ2v) is 12.0. The lowest BCUT2D eigenvalue weighted by molar-refractivity contribution is 0.0698. The molecule has 2 N–H and O–H groups in total. The Morgan fingerprint density at radius 3 is 1.83 bits per heavy atom. The number of fused-ring (bicyclic) bond motifs is 8. The first-order chi connectivity index (χ1) is 22.9. The maximum absolute atomic E-state index is 12.9. The van der Waals surface area contributed by atoms with Gasteiger partial charge >= 0.3 is 0 Å². The molecule has 1 heterocycles. The van der Waals surface area contributed by atoms with Crippen LogP contribution in [0.1, 0.15) is 47.1 Å². The molecule has 1 atom stereocenters. The Morgan fingerprint density at radius 2 is 1.23 bits per heavy atom. The van der Waals surface area contributed by atoms with Crippen molar-refractivity contribution < 1.29 is 33.9 Å². The Hall–Kier alpha value is -4.98. The van der Waals surface area contributed by atoms with E-state index in [0.717, 1.165) is 61.2 Å². The first kappa shape index (κ1) is 30.7. The van der Waals surface area contributed by atoms with E-state index in [2.05, 4.69) is 12.2 Å². The molecule has 0 saturated carbocycles. The van der Waals surface area contributed by atoms with Crippen LogP contribution in [-0.4, -0.2) is 45.3 Å². The smallest absolute Gasteiger partial charge is 0.178 e. The molecular formula is C40H38O7. The van der Waals surface area contributed by atoms with E-state index in [0.29, 0.717) is 36.5 Å². The fraction of sp³-hybridized carbons (Fsp3) is 0.250. The lowest BCUT2D eigenvalue weighted by Crippen LogP contribution is -2.35. The summed E-state index contributed by atoms with van der Waals surface area (Å²) in [6.45, 7) is 0.0543. The average molecular weight is 631 g/mol. The van der Waals surface area contributed by atoms with Gasteiger partial charge in [0.25, 0.3) is 0 Å². The quantitative estimate of drug-likeness (QED) is 0.154. The first-order valence-electron chi connectivity index (χ1n) is 15.8. The first-order valence-corrected chi connectivity index (χ1v) is 15.8. The lowest BCUT2D eigenvalue weighted by atomic mass is 9.79. The van der Waals surface area contributed by atoms with Crippen LogP contribution in [0.3, 0.4) is 0 Å². The van der Waals surface area contributed by atoms with E-state index in [1.807, 2.05) is 84.9 Å². The van der Waals surface area contributed by atoms with Crippen LogP contribution < -0.4 is 23.7 Å². The van der Waals surface area contributed by atoms with Crippen molar-refractivity contribution in [2.45, 2.75) is 30.5 Å². The molecule has 0 aromatic heterocycles. The zero-order valence-corrected chi connectivity index (χ0v) is 27.0. The van der Waals surface area contributed by atoms with Crippen molar-refractivity contribution in [1.82, 2.24) is 0 Å². The molecule has 7 heteroatoms. The van der Waals surface area contributed by atoms with Crippen molar-refractivity contribution in [1.29, 1.82) is 0 Å². The van der Waals surface area contributed by atoms with Gasteiger partial charge < -0.3 is 33.9 Å². The number of rotatable bonds is 10. The van der Waals surface area contributed by atoms with E-state index in [9.17, 15) is 10.2 Å². The summed E-state index contributed by atoms with van der Waals surface area (Å²) < 4.78 is 29.6. The number of benzene rings is 5. The normalized spacial score (nSPS) is 17.0. The van der Waals surface area contributed by atoms with Gasteiger partial charge in [0.15, 0.2) is 5.60 Å². The van der Waals surface area contributed by atoms with E-state index < -0.39 is 11.2 Å². The van der Waals surface area contributed by atoms with E-state index in [4.69, 9.17) is 23.7 Å². The molecule has 1 aliphatic heterocycles. The van der Waals surface area contributed by atoms with Gasteiger partial charge in [0.2, 0.25) is 0 Å². The Labute approximate surface area is 274 Å². The van der Waals surface area contributed by atoms with Crippen LogP contribution in [0.5, 0.6) is 28.7 Å². The lowest BCUT2D eigenvalue weighted by Gasteiger charge is -2.38. The van der Waals surface area contributed by atoms with Crippen molar-refractivity contribution in [2.75, 3.05) is 35.0 Å². The molecule has 0 fully saturated rings. The highest BCUT2D eigenvalue weighted by Gasteiger charge is 2.47. The van der Waals surface area contributed by atoms with E-state index >= 15 is 0 Å². The summed E-state index contributed by atoms with van der Waals surface area (Å²) in [5.41, 5.74) is 3.74. The van der Waals surface area contributed by atoms with Gasteiger partial charge in [-0.05, 0) is 102 Å². The summed E-state index contributed by atoms with van der Waals surface area (Å²) in [5.74, 6) is 3.50. The summed E-state index contributed by atoms with van der Waals surface area (Å²) >= 11 is 0. The third-order valence-corrected chi connectivity index (χ3v) is 9.59. The van der Waals surface area contributed by atoms with Gasteiger partial charge in [0, 0.05) is 34.2 Å². The van der Waals surface area contributed by atoms with Gasteiger partial charge in [-0.15, -0.1) is 0 Å². The highest BCUT2D eigenvalue weighted by molar-refractivity contribution is 6.08. The van der Waals surface area contributed by atoms with Gasteiger partial charge in [0.05, 0.1) is 28.4 Å². The molecule has 7 rings (SSSR count). The highest BCUT2D eigenvalue weighted by atomic mass is 16.5. The molecule has 0 bridgehead atoms. The maximum Gasteiger partial charge on any atom is 0.178 e. The third kappa shape index (κ3) is 4.80. The summed E-state index contributed by atoms with van der Waals surface area (Å²) in [4.78, 5) is 0. The average Bonchev–Trinajstić information content (AvgIpc) is 3.39. The molecule has 1 unspecified atom stereocenters. The van der Waals surface area contributed by atoms with Gasteiger partial charge in [0.1, 0.15) is 34.3 Å². The highest BCUT2D eigenvalue weighted by Crippen LogP contribution is 2.59. The van der Waals surface area contributed by atoms with Crippen molar-refractivity contribution in [3.05, 3.63) is 119 Å². The number of unbranched alkanes of at least 4 members (excludes halogenated alkanes) is 1. The van der Waals surface area contributed by atoms with Crippen molar-refractivity contribution in [3.8, 4) is 39.9 Å². The molecule has 240 valence electrons. The predicted molar refractivity (Wildman–Crippen MR) is 183 cm³/mol. The van der Waals surface area contributed by atoms with E-state index in [1.54, 1.807) is 28.4 Å². The van der Waals surface area contributed by atoms with Crippen LogP contribution in [0.2, 0.25) is 0 Å². The number of methoxy groups -OCH3 is 4. The van der Waals surface area contributed by atoms with Crippen LogP contribution in [0.25, 0.3) is 28.0 Å². The zero-order valence-electron chi connectivity index (χ0n) is 27.0. The number of ether oxygens (including phenoxy) is 5. The van der Waals surface area contributed by atoms with Crippen molar-refractivity contribution >= 4 is 16.8 Å². The van der Waals surface area contributed by atoms with Gasteiger partial charge in [-0.25, -0.2) is 0 Å². The molecular weight excluding hydrogens is 592 g/mol. The molecule has 0 spiro atoms. The topological polar surface area (TPSA) is 86.6 Å². The molecule has 0 radical (unpaired) electrons. The van der Waals surface area contributed by atoms with Crippen LogP contribution in [0.4, 0.5) is 0 Å². The number of aliphatic hydroxyl groups is 2. The third-order valence-electron chi connectivity index (χ3n) is 9.59.